The first kappa shape index (κ1) is 14.9. The number of nitrogens with one attached hydrogen (secondary N) is 1. The zero-order valence-electron chi connectivity index (χ0n) is 13.7. The number of aromatic nitrogens is 3. The van der Waals surface area contributed by atoms with Crippen molar-refractivity contribution in [2.24, 2.45) is 0 Å². The Labute approximate surface area is 138 Å². The van der Waals surface area contributed by atoms with Crippen molar-refractivity contribution in [3.63, 3.8) is 0 Å². The van der Waals surface area contributed by atoms with Crippen molar-refractivity contribution in [1.29, 1.82) is 0 Å². The average molecular weight is 329 g/mol. The molecule has 0 saturated heterocycles. The summed E-state index contributed by atoms with van der Waals surface area (Å²) in [5, 5.41) is 10.8. The monoisotopic (exact) mass is 329 g/mol. The lowest BCUT2D eigenvalue weighted by molar-refractivity contribution is -0.126. The van der Waals surface area contributed by atoms with Crippen molar-refractivity contribution < 1.29 is 14.0 Å². The van der Waals surface area contributed by atoms with Crippen LogP contribution in [0.1, 0.15) is 46.5 Å². The first-order chi connectivity index (χ1) is 11.6. The first-order valence-electron chi connectivity index (χ1n) is 8.08. The number of carbonyl (C=O) groups excluding carboxylic acids is 2. The minimum atomic E-state index is -0.591. The number of amides is 2. The molecule has 0 bridgehead atoms. The van der Waals surface area contributed by atoms with Crippen molar-refractivity contribution in [2.75, 3.05) is 7.05 Å². The Morgan fingerprint density at radius 3 is 2.83 bits per heavy atom. The fraction of sp³-hybridized carbons (Fsp3) is 0.500. The molecule has 8 nitrogen and oxygen atoms in total. The molecule has 2 aliphatic rings. The Bertz CT molecular complexity index is 804. The summed E-state index contributed by atoms with van der Waals surface area (Å²) in [7, 11) is 1.58. The summed E-state index contributed by atoms with van der Waals surface area (Å²) in [6.07, 6.45) is 3.63. The number of hydrogen-bond donors (Lipinski definition) is 1. The Morgan fingerprint density at radius 1 is 1.33 bits per heavy atom. The molecule has 1 aliphatic heterocycles. The number of likely N-dealkylation sites (N-methyl/N-ethyl adjacent to an activating group) is 1. The molecule has 1 N–H and O–H groups in total. The molecule has 8 heteroatoms. The number of nitrogens with zero attached hydrogens (tertiary/aromatic N) is 4. The van der Waals surface area contributed by atoms with E-state index in [0.29, 0.717) is 23.9 Å². The lowest BCUT2D eigenvalue weighted by atomic mass is 10.1. The van der Waals surface area contributed by atoms with E-state index < -0.39 is 6.04 Å². The summed E-state index contributed by atoms with van der Waals surface area (Å²) >= 11 is 0. The van der Waals surface area contributed by atoms with Crippen LogP contribution in [0.25, 0.3) is 0 Å². The van der Waals surface area contributed by atoms with Gasteiger partial charge in [0.1, 0.15) is 17.6 Å². The summed E-state index contributed by atoms with van der Waals surface area (Å²) in [6.45, 7) is 2.46. The molecule has 0 radical (unpaired) electrons. The molecule has 24 heavy (non-hydrogen) atoms. The molecule has 126 valence electrons. The van der Waals surface area contributed by atoms with E-state index in [1.54, 1.807) is 24.3 Å². The Balaban J connectivity index is 1.69. The highest BCUT2D eigenvalue weighted by atomic mass is 16.3. The summed E-state index contributed by atoms with van der Waals surface area (Å²) < 4.78 is 7.40. The standard InChI is InChI=1S/C16H19N5O3/c1-9-18-19-13-8-21(12(7-20(9)13)15(22)17-2)16(23)11-5-6-24-14(11)10-3-4-10/h5-6,10,12H,3-4,7-8H2,1-2H3,(H,17,22). The summed E-state index contributed by atoms with van der Waals surface area (Å²) in [5.74, 6) is 2.11. The number of furan rings is 1. The summed E-state index contributed by atoms with van der Waals surface area (Å²) in [5.41, 5.74) is 0.552. The number of aryl methyl sites for hydroxylation is 1. The van der Waals surface area contributed by atoms with Crippen molar-refractivity contribution in [2.45, 2.75) is 44.8 Å². The fourth-order valence-corrected chi connectivity index (χ4v) is 3.23. The predicted molar refractivity (Wildman–Crippen MR) is 83.2 cm³/mol. The normalized spacial score (nSPS) is 19.9. The van der Waals surface area contributed by atoms with Crippen LogP contribution < -0.4 is 5.32 Å². The highest BCUT2D eigenvalue weighted by Gasteiger charge is 2.39. The minimum Gasteiger partial charge on any atom is -0.468 e. The van der Waals surface area contributed by atoms with Crippen LogP contribution in [0.15, 0.2) is 16.7 Å². The van der Waals surface area contributed by atoms with E-state index in [2.05, 4.69) is 15.5 Å². The van der Waals surface area contributed by atoms with E-state index >= 15 is 0 Å². The second kappa shape index (κ2) is 5.47. The van der Waals surface area contributed by atoms with Gasteiger partial charge in [-0.2, -0.15) is 0 Å². The van der Waals surface area contributed by atoms with Crippen LogP contribution in [-0.4, -0.2) is 44.6 Å². The predicted octanol–water partition coefficient (Wildman–Crippen LogP) is 0.828. The second-order valence-corrected chi connectivity index (χ2v) is 6.31. The van der Waals surface area contributed by atoms with Crippen LogP contribution in [0, 0.1) is 6.92 Å². The molecule has 1 unspecified atom stereocenters. The summed E-state index contributed by atoms with van der Waals surface area (Å²) in [6, 6.07) is 1.10. The van der Waals surface area contributed by atoms with Gasteiger partial charge in [-0.1, -0.05) is 0 Å². The van der Waals surface area contributed by atoms with Gasteiger partial charge in [-0.25, -0.2) is 0 Å². The molecule has 2 amide bonds. The average Bonchev–Trinajstić information content (AvgIpc) is 3.22. The van der Waals surface area contributed by atoms with Gasteiger partial charge in [0.05, 0.1) is 24.9 Å². The van der Waals surface area contributed by atoms with E-state index in [-0.39, 0.29) is 18.4 Å². The number of fused-ring (bicyclic) bond motifs is 1. The highest BCUT2D eigenvalue weighted by Crippen LogP contribution is 2.42. The summed E-state index contributed by atoms with van der Waals surface area (Å²) in [4.78, 5) is 27.0. The van der Waals surface area contributed by atoms with Gasteiger partial charge in [-0.3, -0.25) is 9.59 Å². The zero-order chi connectivity index (χ0) is 16.8. The maximum atomic E-state index is 13.1. The van der Waals surface area contributed by atoms with Crippen LogP contribution in [0.4, 0.5) is 0 Å². The lowest BCUT2D eigenvalue weighted by Crippen LogP contribution is -2.53. The number of hydrogen-bond acceptors (Lipinski definition) is 5. The highest BCUT2D eigenvalue weighted by molar-refractivity contribution is 5.98. The maximum absolute atomic E-state index is 13.1. The molecule has 0 aromatic carbocycles. The van der Waals surface area contributed by atoms with Gasteiger partial charge in [-0.05, 0) is 25.8 Å². The minimum absolute atomic E-state index is 0.189. The molecule has 0 spiro atoms. The number of rotatable bonds is 3. The van der Waals surface area contributed by atoms with Gasteiger partial charge < -0.3 is 19.2 Å². The van der Waals surface area contributed by atoms with Crippen LogP contribution in [-0.2, 0) is 17.9 Å². The largest absolute Gasteiger partial charge is 0.468 e. The molecule has 3 heterocycles. The van der Waals surface area contributed by atoms with Gasteiger partial charge in [0.25, 0.3) is 5.91 Å². The SMILES string of the molecule is CNC(=O)C1Cn2c(C)nnc2CN1C(=O)c1ccoc1C1CC1. The van der Waals surface area contributed by atoms with Crippen molar-refractivity contribution in [3.8, 4) is 0 Å². The van der Waals surface area contributed by atoms with Gasteiger partial charge in [0.15, 0.2) is 5.82 Å². The molecule has 2 aromatic heterocycles. The third-order valence-corrected chi connectivity index (χ3v) is 4.74. The molecular weight excluding hydrogens is 310 g/mol. The molecule has 1 aliphatic carbocycles. The van der Waals surface area contributed by atoms with E-state index in [1.807, 2.05) is 11.5 Å². The molecule has 1 fully saturated rings. The molecule has 1 atom stereocenters. The Morgan fingerprint density at radius 2 is 2.12 bits per heavy atom. The van der Waals surface area contributed by atoms with Crippen LogP contribution in [0.2, 0.25) is 0 Å². The van der Waals surface area contributed by atoms with Crippen LogP contribution in [0.5, 0.6) is 0 Å². The molecule has 1 saturated carbocycles. The topological polar surface area (TPSA) is 93.3 Å². The molecule has 2 aromatic rings. The molecule has 4 rings (SSSR count). The van der Waals surface area contributed by atoms with E-state index in [4.69, 9.17) is 4.42 Å². The van der Waals surface area contributed by atoms with Crippen molar-refractivity contribution in [1.82, 2.24) is 25.0 Å². The van der Waals surface area contributed by atoms with Gasteiger partial charge in [0, 0.05) is 13.0 Å². The van der Waals surface area contributed by atoms with Crippen LogP contribution >= 0.6 is 0 Å². The Hall–Kier alpha value is -2.64. The van der Waals surface area contributed by atoms with Crippen molar-refractivity contribution >= 4 is 11.8 Å². The van der Waals surface area contributed by atoms with E-state index in [1.165, 1.54) is 0 Å². The second-order valence-electron chi connectivity index (χ2n) is 6.31. The van der Waals surface area contributed by atoms with Gasteiger partial charge >= 0.3 is 0 Å². The van der Waals surface area contributed by atoms with E-state index in [9.17, 15) is 9.59 Å². The lowest BCUT2D eigenvalue weighted by Gasteiger charge is -2.34. The van der Waals surface area contributed by atoms with E-state index in [0.717, 1.165) is 24.4 Å². The maximum Gasteiger partial charge on any atom is 0.258 e. The first-order valence-corrected chi connectivity index (χ1v) is 8.08. The van der Waals surface area contributed by atoms with Gasteiger partial charge in [0.2, 0.25) is 5.91 Å². The fourth-order valence-electron chi connectivity index (χ4n) is 3.23. The quantitative estimate of drug-likeness (QED) is 0.900. The third-order valence-electron chi connectivity index (χ3n) is 4.74. The Kier molecular flexibility index (Phi) is 3.40. The van der Waals surface area contributed by atoms with Crippen LogP contribution in [0.3, 0.4) is 0 Å². The third kappa shape index (κ3) is 2.29. The van der Waals surface area contributed by atoms with Gasteiger partial charge in [-0.15, -0.1) is 10.2 Å². The number of carbonyl (C=O) groups is 2. The zero-order valence-corrected chi connectivity index (χ0v) is 13.7. The van der Waals surface area contributed by atoms with Crippen molar-refractivity contribution in [3.05, 3.63) is 35.3 Å². The smallest absolute Gasteiger partial charge is 0.258 e. The molecular formula is C16H19N5O3.